The molecule has 0 unspecified atom stereocenters. The molecule has 0 spiro atoms. The van der Waals surface area contributed by atoms with Crippen molar-refractivity contribution in [1.82, 2.24) is 0 Å². The van der Waals surface area contributed by atoms with Crippen molar-refractivity contribution in [2.75, 3.05) is 6.61 Å². The van der Waals surface area contributed by atoms with Gasteiger partial charge < -0.3 is 4.74 Å². The number of pyridine rings is 1. The Bertz CT molecular complexity index is 828. The first-order valence-corrected chi connectivity index (χ1v) is 9.51. The third-order valence-electron chi connectivity index (χ3n) is 4.27. The number of rotatable bonds is 9. The van der Waals surface area contributed by atoms with Gasteiger partial charge in [0.2, 0.25) is 0 Å². The molecule has 4 nitrogen and oxygen atoms in total. The standard InChI is InChI=1S/C23H26N3O/c1-2-3-7-20-8-10-21(11-9-20)24-25-22-12-14-23(15-13-22)27-19-18-26-16-5-4-6-17-26/h4-6,8-17H,2-3,7,18-19H2,1H3/q+1. The van der Waals surface area contributed by atoms with E-state index >= 15 is 0 Å². The minimum atomic E-state index is 0.625. The number of aryl methyl sites for hydroxylation is 1. The predicted octanol–water partition coefficient (Wildman–Crippen LogP) is 5.81. The van der Waals surface area contributed by atoms with Crippen LogP contribution in [-0.2, 0) is 13.0 Å². The molecule has 3 aromatic rings. The maximum absolute atomic E-state index is 5.78. The van der Waals surface area contributed by atoms with E-state index in [4.69, 9.17) is 4.74 Å². The molecule has 0 aliphatic carbocycles. The summed E-state index contributed by atoms with van der Waals surface area (Å²) in [6.45, 7) is 3.65. The molecule has 0 saturated carbocycles. The quantitative estimate of drug-likeness (QED) is 0.350. The number of hydrogen-bond donors (Lipinski definition) is 0. The predicted molar refractivity (Wildman–Crippen MR) is 108 cm³/mol. The summed E-state index contributed by atoms with van der Waals surface area (Å²) >= 11 is 0. The van der Waals surface area contributed by atoms with Crippen molar-refractivity contribution >= 4 is 11.4 Å². The highest BCUT2D eigenvalue weighted by Gasteiger charge is 2.00. The monoisotopic (exact) mass is 360 g/mol. The Hall–Kier alpha value is -3.01. The number of hydrogen-bond acceptors (Lipinski definition) is 3. The van der Waals surface area contributed by atoms with Crippen LogP contribution in [0.15, 0.2) is 89.4 Å². The summed E-state index contributed by atoms with van der Waals surface area (Å²) in [5.74, 6) is 0.839. The first-order chi connectivity index (χ1) is 13.3. The van der Waals surface area contributed by atoms with Crippen molar-refractivity contribution in [3.8, 4) is 5.75 Å². The number of nitrogens with zero attached hydrogens (tertiary/aromatic N) is 3. The van der Waals surface area contributed by atoms with E-state index in [-0.39, 0.29) is 0 Å². The first kappa shape index (κ1) is 18.8. The molecule has 1 heterocycles. The minimum Gasteiger partial charge on any atom is -0.487 e. The summed E-state index contributed by atoms with van der Waals surface area (Å²) in [4.78, 5) is 0. The van der Waals surface area contributed by atoms with E-state index in [0.29, 0.717) is 6.61 Å². The molecule has 0 atom stereocenters. The summed E-state index contributed by atoms with van der Waals surface area (Å²) in [5.41, 5.74) is 3.04. The average molecular weight is 360 g/mol. The van der Waals surface area contributed by atoms with Crippen molar-refractivity contribution in [1.29, 1.82) is 0 Å². The van der Waals surface area contributed by atoms with Gasteiger partial charge in [0, 0.05) is 12.1 Å². The second-order valence-electron chi connectivity index (χ2n) is 6.43. The van der Waals surface area contributed by atoms with Crippen LogP contribution >= 0.6 is 0 Å². The van der Waals surface area contributed by atoms with Crippen LogP contribution in [0.25, 0.3) is 0 Å². The van der Waals surface area contributed by atoms with Crippen LogP contribution in [-0.4, -0.2) is 6.61 Å². The number of ether oxygens (including phenoxy) is 1. The molecule has 0 amide bonds. The van der Waals surface area contributed by atoms with Crippen LogP contribution in [0.2, 0.25) is 0 Å². The van der Waals surface area contributed by atoms with E-state index in [1.165, 1.54) is 18.4 Å². The summed E-state index contributed by atoms with van der Waals surface area (Å²) in [5, 5.41) is 8.61. The maximum Gasteiger partial charge on any atom is 0.182 e. The number of aromatic nitrogens is 1. The maximum atomic E-state index is 5.78. The van der Waals surface area contributed by atoms with Crippen LogP contribution in [0.5, 0.6) is 5.75 Å². The van der Waals surface area contributed by atoms with Gasteiger partial charge in [-0.2, -0.15) is 10.2 Å². The number of benzene rings is 2. The third-order valence-corrected chi connectivity index (χ3v) is 4.27. The van der Waals surface area contributed by atoms with Crippen molar-refractivity contribution in [2.24, 2.45) is 10.2 Å². The Kier molecular flexibility index (Phi) is 7.10. The van der Waals surface area contributed by atoms with Gasteiger partial charge in [-0.25, -0.2) is 4.57 Å². The Labute approximate surface area is 161 Å². The van der Waals surface area contributed by atoms with E-state index in [1.807, 2.05) is 67.0 Å². The van der Waals surface area contributed by atoms with E-state index in [2.05, 4.69) is 33.9 Å². The van der Waals surface area contributed by atoms with Crippen molar-refractivity contribution in [2.45, 2.75) is 32.7 Å². The molecule has 0 bridgehead atoms. The first-order valence-electron chi connectivity index (χ1n) is 9.51. The molecule has 27 heavy (non-hydrogen) atoms. The van der Waals surface area contributed by atoms with E-state index in [1.54, 1.807) is 0 Å². The Morgan fingerprint density at radius 2 is 1.44 bits per heavy atom. The van der Waals surface area contributed by atoms with Crippen LogP contribution < -0.4 is 9.30 Å². The topological polar surface area (TPSA) is 37.8 Å². The minimum absolute atomic E-state index is 0.625. The molecular weight excluding hydrogens is 334 g/mol. The number of unbranched alkanes of at least 4 members (excludes halogenated alkanes) is 1. The molecule has 0 aliphatic heterocycles. The highest BCUT2D eigenvalue weighted by molar-refractivity contribution is 5.43. The van der Waals surface area contributed by atoms with Gasteiger partial charge in [0.1, 0.15) is 12.4 Å². The lowest BCUT2D eigenvalue weighted by Crippen LogP contribution is -2.35. The van der Waals surface area contributed by atoms with Crippen LogP contribution in [0, 0.1) is 0 Å². The zero-order valence-corrected chi connectivity index (χ0v) is 15.8. The van der Waals surface area contributed by atoms with Crippen LogP contribution in [0.4, 0.5) is 11.4 Å². The smallest absolute Gasteiger partial charge is 0.182 e. The van der Waals surface area contributed by atoms with Gasteiger partial charge in [-0.1, -0.05) is 31.5 Å². The largest absolute Gasteiger partial charge is 0.487 e. The molecular formula is C23H26N3O+. The normalized spacial score (nSPS) is 11.0. The highest BCUT2D eigenvalue weighted by Crippen LogP contribution is 2.22. The SMILES string of the molecule is CCCCc1ccc(N=Nc2ccc(OCC[n+]3ccccc3)cc2)cc1. The summed E-state index contributed by atoms with van der Waals surface area (Å²) in [6.07, 6.45) is 7.62. The fourth-order valence-electron chi connectivity index (χ4n) is 2.69. The Morgan fingerprint density at radius 1 is 0.815 bits per heavy atom. The molecule has 2 aromatic carbocycles. The second kappa shape index (κ2) is 10.2. The molecule has 1 aromatic heterocycles. The zero-order valence-electron chi connectivity index (χ0n) is 15.8. The molecule has 0 radical (unpaired) electrons. The lowest BCUT2D eigenvalue weighted by molar-refractivity contribution is -0.697. The highest BCUT2D eigenvalue weighted by atomic mass is 16.5. The molecule has 0 aliphatic rings. The lowest BCUT2D eigenvalue weighted by atomic mass is 10.1. The summed E-state index contributed by atoms with van der Waals surface area (Å²) in [6, 6.07) is 22.0. The van der Waals surface area contributed by atoms with Gasteiger partial charge in [0.15, 0.2) is 18.9 Å². The summed E-state index contributed by atoms with van der Waals surface area (Å²) in [7, 11) is 0. The average Bonchev–Trinajstić information content (AvgIpc) is 2.73. The molecule has 138 valence electrons. The van der Waals surface area contributed by atoms with Gasteiger partial charge in [0.05, 0.1) is 11.4 Å². The van der Waals surface area contributed by atoms with Crippen molar-refractivity contribution < 1.29 is 9.30 Å². The fourth-order valence-corrected chi connectivity index (χ4v) is 2.69. The lowest BCUT2D eigenvalue weighted by Gasteiger charge is -2.04. The van der Waals surface area contributed by atoms with E-state index < -0.39 is 0 Å². The van der Waals surface area contributed by atoms with E-state index in [0.717, 1.165) is 30.1 Å². The van der Waals surface area contributed by atoms with Gasteiger partial charge in [0.25, 0.3) is 0 Å². The van der Waals surface area contributed by atoms with Crippen LogP contribution in [0.3, 0.4) is 0 Å². The molecule has 3 rings (SSSR count). The summed E-state index contributed by atoms with van der Waals surface area (Å²) < 4.78 is 7.87. The third kappa shape index (κ3) is 6.33. The van der Waals surface area contributed by atoms with Crippen molar-refractivity contribution in [3.05, 3.63) is 84.7 Å². The van der Waals surface area contributed by atoms with Gasteiger partial charge in [-0.15, -0.1) is 0 Å². The number of azo groups is 1. The second-order valence-corrected chi connectivity index (χ2v) is 6.43. The molecule has 0 fully saturated rings. The van der Waals surface area contributed by atoms with Gasteiger partial charge in [-0.3, -0.25) is 0 Å². The molecule has 0 saturated heterocycles. The van der Waals surface area contributed by atoms with Crippen LogP contribution in [0.1, 0.15) is 25.3 Å². The Morgan fingerprint density at radius 3 is 2.07 bits per heavy atom. The van der Waals surface area contributed by atoms with Gasteiger partial charge >= 0.3 is 0 Å². The van der Waals surface area contributed by atoms with E-state index in [9.17, 15) is 0 Å². The zero-order chi connectivity index (χ0) is 18.7. The van der Waals surface area contributed by atoms with Gasteiger partial charge in [-0.05, 0) is 54.8 Å². The fraction of sp³-hybridized carbons (Fsp3) is 0.261. The molecule has 4 heteroatoms. The Balaban J connectivity index is 1.48. The molecule has 0 N–H and O–H groups in total. The van der Waals surface area contributed by atoms with Crippen molar-refractivity contribution in [3.63, 3.8) is 0 Å².